The lowest BCUT2D eigenvalue weighted by molar-refractivity contribution is 0.108. The van der Waals surface area contributed by atoms with Gasteiger partial charge in [0, 0.05) is 19.2 Å². The van der Waals surface area contributed by atoms with Crippen LogP contribution in [0.1, 0.15) is 12.8 Å². The quantitative estimate of drug-likeness (QED) is 0.752. The molecule has 25 heavy (non-hydrogen) atoms. The fourth-order valence-electron chi connectivity index (χ4n) is 3.34. The number of rotatable bonds is 6. The Morgan fingerprint density at radius 2 is 1.96 bits per heavy atom. The van der Waals surface area contributed by atoms with Crippen molar-refractivity contribution >= 4 is 19.7 Å². The van der Waals surface area contributed by atoms with Crippen LogP contribution in [-0.4, -0.2) is 66.0 Å². The number of ether oxygens (including phenoxy) is 2. The topological polar surface area (TPSA) is 98.8 Å². The Balaban J connectivity index is 1.80. The summed E-state index contributed by atoms with van der Waals surface area (Å²) in [5.74, 6) is 0.0238. The number of hydrogen-bond donors (Lipinski definition) is 1. The molecule has 2 fully saturated rings. The highest BCUT2D eigenvalue weighted by molar-refractivity contribution is 7.96. The SMILES string of the molecule is COc1ccc(S(=O)(=O)[C@H]2CS(=O)(=O)C[C@@H]2NCC2CCCO2)cc1. The number of benzene rings is 1. The molecule has 2 saturated heterocycles. The third kappa shape index (κ3) is 4.16. The smallest absolute Gasteiger partial charge is 0.183 e. The Morgan fingerprint density at radius 3 is 2.56 bits per heavy atom. The van der Waals surface area contributed by atoms with Crippen molar-refractivity contribution in [1.82, 2.24) is 5.32 Å². The maximum atomic E-state index is 13.0. The normalized spacial score (nSPS) is 28.9. The van der Waals surface area contributed by atoms with E-state index >= 15 is 0 Å². The van der Waals surface area contributed by atoms with Crippen LogP contribution in [0.5, 0.6) is 5.75 Å². The summed E-state index contributed by atoms with van der Waals surface area (Å²) in [5.41, 5.74) is 0. The largest absolute Gasteiger partial charge is 0.497 e. The average molecular weight is 389 g/mol. The highest BCUT2D eigenvalue weighted by atomic mass is 32.2. The molecule has 0 aliphatic carbocycles. The van der Waals surface area contributed by atoms with Crippen LogP contribution in [0.15, 0.2) is 29.2 Å². The van der Waals surface area contributed by atoms with Crippen molar-refractivity contribution in [3.8, 4) is 5.75 Å². The Hall–Kier alpha value is -1.16. The summed E-state index contributed by atoms with van der Waals surface area (Å²) in [6.07, 6.45) is 1.90. The predicted molar refractivity (Wildman–Crippen MR) is 93.4 cm³/mol. The molecule has 2 heterocycles. The number of nitrogens with one attached hydrogen (secondary N) is 1. The number of sulfone groups is 2. The lowest BCUT2D eigenvalue weighted by Gasteiger charge is -2.21. The van der Waals surface area contributed by atoms with Crippen molar-refractivity contribution < 1.29 is 26.3 Å². The van der Waals surface area contributed by atoms with Gasteiger partial charge in [-0.05, 0) is 37.1 Å². The molecule has 1 N–H and O–H groups in total. The second-order valence-electron chi connectivity index (χ2n) is 6.49. The molecule has 0 saturated carbocycles. The first-order valence-electron chi connectivity index (χ1n) is 8.25. The van der Waals surface area contributed by atoms with E-state index < -0.39 is 31.0 Å². The first-order valence-corrected chi connectivity index (χ1v) is 11.6. The third-order valence-corrected chi connectivity index (χ3v) is 8.89. The molecule has 0 amide bonds. The number of methoxy groups -OCH3 is 1. The summed E-state index contributed by atoms with van der Waals surface area (Å²) in [7, 11) is -5.67. The standard InChI is InChI=1S/C16H23NO6S2/c1-22-12-4-6-14(7-5-12)25(20,21)16-11-24(18,19)10-15(16)17-9-13-3-2-8-23-13/h4-7,13,15-17H,2-3,8-11H2,1H3/t13?,15-,16-/m0/s1. The van der Waals surface area contributed by atoms with E-state index in [1.165, 1.54) is 19.2 Å². The van der Waals surface area contributed by atoms with Crippen molar-refractivity contribution in [3.05, 3.63) is 24.3 Å². The summed E-state index contributed by atoms with van der Waals surface area (Å²) < 4.78 is 60.6. The van der Waals surface area contributed by atoms with E-state index in [0.717, 1.165) is 12.8 Å². The van der Waals surface area contributed by atoms with Crippen molar-refractivity contribution in [1.29, 1.82) is 0 Å². The van der Waals surface area contributed by atoms with Gasteiger partial charge in [-0.1, -0.05) is 0 Å². The first-order chi connectivity index (χ1) is 11.8. The summed E-state index contributed by atoms with van der Waals surface area (Å²) in [6.45, 7) is 1.16. The predicted octanol–water partition coefficient (Wildman–Crippen LogP) is 0.403. The van der Waals surface area contributed by atoms with Gasteiger partial charge in [-0.3, -0.25) is 0 Å². The van der Waals surface area contributed by atoms with E-state index in [-0.39, 0.29) is 22.5 Å². The van der Waals surface area contributed by atoms with Gasteiger partial charge in [0.15, 0.2) is 19.7 Å². The minimum atomic E-state index is -3.77. The van der Waals surface area contributed by atoms with Crippen LogP contribution in [0, 0.1) is 0 Å². The van der Waals surface area contributed by atoms with Crippen molar-refractivity contribution in [2.45, 2.75) is 35.1 Å². The second kappa shape index (κ2) is 7.22. The van der Waals surface area contributed by atoms with Crippen LogP contribution in [0.25, 0.3) is 0 Å². The summed E-state index contributed by atoms with van der Waals surface area (Å²) in [4.78, 5) is 0.110. The van der Waals surface area contributed by atoms with Crippen LogP contribution in [-0.2, 0) is 24.4 Å². The molecule has 140 valence electrons. The molecule has 0 aromatic heterocycles. The minimum absolute atomic E-state index is 0.0210. The van der Waals surface area contributed by atoms with Gasteiger partial charge in [0.1, 0.15) is 5.75 Å². The van der Waals surface area contributed by atoms with Crippen LogP contribution >= 0.6 is 0 Å². The maximum absolute atomic E-state index is 13.0. The first kappa shape index (κ1) is 18.6. The molecule has 0 radical (unpaired) electrons. The van der Waals surface area contributed by atoms with Crippen LogP contribution < -0.4 is 10.1 Å². The minimum Gasteiger partial charge on any atom is -0.497 e. The van der Waals surface area contributed by atoms with E-state index in [4.69, 9.17) is 9.47 Å². The summed E-state index contributed by atoms with van der Waals surface area (Å²) in [6, 6.07) is 5.41. The van der Waals surface area contributed by atoms with E-state index in [0.29, 0.717) is 18.9 Å². The molecule has 3 rings (SSSR count). The zero-order chi connectivity index (χ0) is 18.1. The van der Waals surface area contributed by atoms with Gasteiger partial charge < -0.3 is 14.8 Å². The Morgan fingerprint density at radius 1 is 1.24 bits per heavy atom. The fourth-order valence-corrected chi connectivity index (χ4v) is 8.06. The van der Waals surface area contributed by atoms with Gasteiger partial charge in [-0.15, -0.1) is 0 Å². The van der Waals surface area contributed by atoms with E-state index in [1.807, 2.05) is 0 Å². The van der Waals surface area contributed by atoms with Gasteiger partial charge in [0.2, 0.25) is 0 Å². The van der Waals surface area contributed by atoms with Crippen LogP contribution in [0.2, 0.25) is 0 Å². The molecule has 1 unspecified atom stereocenters. The van der Waals surface area contributed by atoms with E-state index in [2.05, 4.69) is 5.32 Å². The van der Waals surface area contributed by atoms with Crippen LogP contribution in [0.4, 0.5) is 0 Å². The summed E-state index contributed by atoms with van der Waals surface area (Å²) >= 11 is 0. The highest BCUT2D eigenvalue weighted by Crippen LogP contribution is 2.27. The lowest BCUT2D eigenvalue weighted by atomic mass is 10.2. The van der Waals surface area contributed by atoms with Crippen molar-refractivity contribution in [2.75, 3.05) is 31.8 Å². The molecular formula is C16H23NO6S2. The molecule has 2 aliphatic rings. The molecular weight excluding hydrogens is 366 g/mol. The number of hydrogen-bond acceptors (Lipinski definition) is 7. The second-order valence-corrected chi connectivity index (χ2v) is 10.8. The monoisotopic (exact) mass is 389 g/mol. The Kier molecular flexibility index (Phi) is 5.38. The van der Waals surface area contributed by atoms with Gasteiger partial charge in [0.25, 0.3) is 0 Å². The van der Waals surface area contributed by atoms with Crippen molar-refractivity contribution in [3.63, 3.8) is 0 Å². The molecule has 7 nitrogen and oxygen atoms in total. The van der Waals surface area contributed by atoms with E-state index in [1.54, 1.807) is 12.1 Å². The fraction of sp³-hybridized carbons (Fsp3) is 0.625. The molecule has 0 bridgehead atoms. The average Bonchev–Trinajstić information content (AvgIpc) is 3.20. The zero-order valence-electron chi connectivity index (χ0n) is 14.1. The lowest BCUT2D eigenvalue weighted by Crippen LogP contribution is -2.45. The zero-order valence-corrected chi connectivity index (χ0v) is 15.7. The maximum Gasteiger partial charge on any atom is 0.183 e. The van der Waals surface area contributed by atoms with Gasteiger partial charge >= 0.3 is 0 Å². The van der Waals surface area contributed by atoms with Gasteiger partial charge in [0.05, 0.1) is 34.9 Å². The van der Waals surface area contributed by atoms with Crippen LogP contribution in [0.3, 0.4) is 0 Å². The molecule has 1 aromatic carbocycles. The Bertz CT molecular complexity index is 798. The van der Waals surface area contributed by atoms with Gasteiger partial charge in [-0.25, -0.2) is 16.8 Å². The molecule has 9 heteroatoms. The summed E-state index contributed by atoms with van der Waals surface area (Å²) in [5, 5.41) is 2.13. The molecule has 0 spiro atoms. The van der Waals surface area contributed by atoms with E-state index in [9.17, 15) is 16.8 Å². The van der Waals surface area contributed by atoms with Crippen molar-refractivity contribution in [2.24, 2.45) is 0 Å². The highest BCUT2D eigenvalue weighted by Gasteiger charge is 2.45. The molecule has 2 aliphatic heterocycles. The molecule has 1 aromatic rings. The van der Waals surface area contributed by atoms with Gasteiger partial charge in [-0.2, -0.15) is 0 Å². The Labute approximate surface area is 148 Å². The molecule has 3 atom stereocenters. The third-order valence-electron chi connectivity index (χ3n) is 4.72.